The molecule has 0 radical (unpaired) electrons. The summed E-state index contributed by atoms with van der Waals surface area (Å²) in [4.78, 5) is 15.8. The molecule has 0 aliphatic carbocycles. The maximum atomic E-state index is 6.79. The molecule has 0 atom stereocenters. The zero-order valence-electron chi connectivity index (χ0n) is 31.2. The van der Waals surface area contributed by atoms with Crippen LogP contribution in [0.3, 0.4) is 0 Å². The number of para-hydroxylation sites is 2. The lowest BCUT2D eigenvalue weighted by Gasteiger charge is -2.13. The van der Waals surface area contributed by atoms with E-state index in [-0.39, 0.29) is 0 Å². The number of hydrogen-bond donors (Lipinski definition) is 0. The van der Waals surface area contributed by atoms with Gasteiger partial charge in [-0.25, -0.2) is 15.0 Å². The van der Waals surface area contributed by atoms with Crippen LogP contribution in [0, 0.1) is 0 Å². The zero-order chi connectivity index (χ0) is 38.2. The molecule has 5 heteroatoms. The monoisotopic (exact) mass is 740 g/mol. The van der Waals surface area contributed by atoms with Gasteiger partial charge < -0.3 is 8.98 Å². The van der Waals surface area contributed by atoms with Crippen LogP contribution in [0.4, 0.5) is 0 Å². The Morgan fingerprint density at radius 2 is 0.948 bits per heavy atom. The normalized spacial score (nSPS) is 11.8. The third kappa shape index (κ3) is 5.14. The SMILES string of the molecule is c1ccc(-c2ccc(-c3nc(-c4cc(-n5c6ccccc6c6cc7ccccc7cc65)c5oc6ccccc6c5c4)nc(-c4cccc5ccccc45)n3)cc2)cc1. The smallest absolute Gasteiger partial charge is 0.164 e. The van der Waals surface area contributed by atoms with Crippen LogP contribution in [0.5, 0.6) is 0 Å². The van der Waals surface area contributed by atoms with Crippen LogP contribution in [0.2, 0.25) is 0 Å². The van der Waals surface area contributed by atoms with E-state index in [0.29, 0.717) is 17.5 Å². The van der Waals surface area contributed by atoms with Crippen molar-refractivity contribution in [1.29, 1.82) is 0 Å². The molecule has 12 rings (SSSR count). The average Bonchev–Trinajstić information content (AvgIpc) is 3.83. The molecule has 5 nitrogen and oxygen atoms in total. The molecule has 0 bridgehead atoms. The first-order chi connectivity index (χ1) is 28.7. The first-order valence-corrected chi connectivity index (χ1v) is 19.5. The van der Waals surface area contributed by atoms with Crippen LogP contribution in [-0.4, -0.2) is 19.5 Å². The van der Waals surface area contributed by atoms with Crippen molar-refractivity contribution >= 4 is 65.3 Å². The number of nitrogens with zero attached hydrogens (tertiary/aromatic N) is 4. The molecular formula is C53H32N4O. The maximum absolute atomic E-state index is 6.79. The van der Waals surface area contributed by atoms with Gasteiger partial charge in [-0.3, -0.25) is 0 Å². The Balaban J connectivity index is 1.15. The van der Waals surface area contributed by atoms with Gasteiger partial charge >= 0.3 is 0 Å². The van der Waals surface area contributed by atoms with E-state index in [1.807, 2.05) is 18.2 Å². The molecule has 0 spiro atoms. The number of rotatable bonds is 5. The molecule has 0 aliphatic rings. The van der Waals surface area contributed by atoms with Crippen molar-refractivity contribution in [3.05, 3.63) is 194 Å². The largest absolute Gasteiger partial charge is 0.454 e. The summed E-state index contributed by atoms with van der Waals surface area (Å²) < 4.78 is 9.14. The van der Waals surface area contributed by atoms with Crippen LogP contribution in [-0.2, 0) is 0 Å². The number of fused-ring (bicyclic) bond motifs is 8. The summed E-state index contributed by atoms with van der Waals surface area (Å²) in [6.07, 6.45) is 0. The molecule has 0 amide bonds. The first kappa shape index (κ1) is 32.4. The fourth-order valence-electron chi connectivity index (χ4n) is 8.64. The molecule has 0 saturated heterocycles. The van der Waals surface area contributed by atoms with Gasteiger partial charge in [-0.2, -0.15) is 0 Å². The van der Waals surface area contributed by atoms with Crippen molar-refractivity contribution in [2.24, 2.45) is 0 Å². The first-order valence-electron chi connectivity index (χ1n) is 19.5. The lowest BCUT2D eigenvalue weighted by Crippen LogP contribution is -2.02. The van der Waals surface area contributed by atoms with Crippen LogP contribution in [0.25, 0.3) is 116 Å². The van der Waals surface area contributed by atoms with Crippen molar-refractivity contribution < 1.29 is 4.42 Å². The summed E-state index contributed by atoms with van der Waals surface area (Å²) in [5, 5.41) is 8.99. The summed E-state index contributed by atoms with van der Waals surface area (Å²) in [6.45, 7) is 0. The molecular weight excluding hydrogens is 709 g/mol. The van der Waals surface area contributed by atoms with E-state index in [1.165, 1.54) is 21.5 Å². The highest BCUT2D eigenvalue weighted by molar-refractivity contribution is 6.16. The number of hydrogen-bond acceptors (Lipinski definition) is 4. The van der Waals surface area contributed by atoms with Gasteiger partial charge in [0.1, 0.15) is 5.58 Å². The fraction of sp³-hybridized carbons (Fsp3) is 0. The molecule has 0 aliphatic heterocycles. The standard InChI is InChI=1S/C53H32N4O/c1-2-13-33(14-3-1)34-25-27-36(28-26-34)51-54-52(56-53(55-51)43-22-12-18-35-15-6-7-19-40(35)43)39-30-45-42-21-9-11-24-49(42)58-50(45)48(32-39)57-46-23-10-8-20-41(46)44-29-37-16-4-5-17-38(37)31-47(44)57/h1-32H. The molecule has 12 aromatic rings. The van der Waals surface area contributed by atoms with E-state index >= 15 is 0 Å². The summed E-state index contributed by atoms with van der Waals surface area (Å²) >= 11 is 0. The number of aromatic nitrogens is 4. The van der Waals surface area contributed by atoms with Crippen molar-refractivity contribution in [3.8, 4) is 51.0 Å². The Labute approximate surface area is 333 Å². The summed E-state index contributed by atoms with van der Waals surface area (Å²) in [5.74, 6) is 1.81. The lowest BCUT2D eigenvalue weighted by atomic mass is 10.0. The third-order valence-electron chi connectivity index (χ3n) is 11.4. The molecule has 9 aromatic carbocycles. The second kappa shape index (κ2) is 12.8. The molecule has 0 saturated carbocycles. The van der Waals surface area contributed by atoms with Gasteiger partial charge in [0.05, 0.1) is 16.7 Å². The predicted molar refractivity (Wildman–Crippen MR) is 238 cm³/mol. The topological polar surface area (TPSA) is 56.7 Å². The van der Waals surface area contributed by atoms with Gasteiger partial charge in [0, 0.05) is 38.2 Å². The van der Waals surface area contributed by atoms with E-state index in [2.05, 4.69) is 180 Å². The summed E-state index contributed by atoms with van der Waals surface area (Å²) in [6, 6.07) is 68.0. The predicted octanol–water partition coefficient (Wildman–Crippen LogP) is 13.8. The second-order valence-electron chi connectivity index (χ2n) is 14.8. The molecule has 270 valence electrons. The highest BCUT2D eigenvalue weighted by Crippen LogP contribution is 2.42. The molecule has 58 heavy (non-hydrogen) atoms. The Kier molecular flexibility index (Phi) is 7.16. The molecule has 0 N–H and O–H groups in total. The van der Waals surface area contributed by atoms with E-state index in [4.69, 9.17) is 19.4 Å². The van der Waals surface area contributed by atoms with Crippen molar-refractivity contribution in [2.75, 3.05) is 0 Å². The van der Waals surface area contributed by atoms with E-state index in [9.17, 15) is 0 Å². The number of furan rings is 1. The quantitative estimate of drug-likeness (QED) is 0.176. The van der Waals surface area contributed by atoms with Gasteiger partial charge in [0.15, 0.2) is 23.1 Å². The summed E-state index contributed by atoms with van der Waals surface area (Å²) in [5.41, 5.74) is 9.78. The highest BCUT2D eigenvalue weighted by atomic mass is 16.3. The third-order valence-corrected chi connectivity index (χ3v) is 11.4. The van der Waals surface area contributed by atoms with Crippen molar-refractivity contribution in [3.63, 3.8) is 0 Å². The van der Waals surface area contributed by atoms with Crippen LogP contribution >= 0.6 is 0 Å². The van der Waals surface area contributed by atoms with Crippen LogP contribution in [0.1, 0.15) is 0 Å². The maximum Gasteiger partial charge on any atom is 0.164 e. The average molecular weight is 741 g/mol. The molecule has 0 fully saturated rings. The van der Waals surface area contributed by atoms with Gasteiger partial charge in [0.25, 0.3) is 0 Å². The molecule has 0 unspecified atom stereocenters. The van der Waals surface area contributed by atoms with Gasteiger partial charge in [0.2, 0.25) is 0 Å². The number of benzene rings is 9. The Morgan fingerprint density at radius 3 is 1.78 bits per heavy atom. The van der Waals surface area contributed by atoms with Gasteiger partial charge in [-0.15, -0.1) is 0 Å². The fourth-order valence-corrected chi connectivity index (χ4v) is 8.64. The minimum Gasteiger partial charge on any atom is -0.454 e. The van der Waals surface area contributed by atoms with Crippen LogP contribution in [0.15, 0.2) is 199 Å². The second-order valence-corrected chi connectivity index (χ2v) is 14.8. The van der Waals surface area contributed by atoms with Crippen molar-refractivity contribution in [2.45, 2.75) is 0 Å². The Bertz CT molecular complexity index is 3560. The van der Waals surface area contributed by atoms with Gasteiger partial charge in [-0.05, 0) is 69.1 Å². The molecule has 3 aromatic heterocycles. The van der Waals surface area contributed by atoms with E-state index < -0.39 is 0 Å². The minimum atomic E-state index is 0.583. The minimum absolute atomic E-state index is 0.583. The Hall–Kier alpha value is -7.89. The van der Waals surface area contributed by atoms with E-state index in [1.54, 1.807) is 0 Å². The van der Waals surface area contributed by atoms with Crippen molar-refractivity contribution in [1.82, 2.24) is 19.5 Å². The summed E-state index contributed by atoms with van der Waals surface area (Å²) in [7, 11) is 0. The Morgan fingerprint density at radius 1 is 0.345 bits per heavy atom. The van der Waals surface area contributed by atoms with Gasteiger partial charge in [-0.1, -0.05) is 158 Å². The highest BCUT2D eigenvalue weighted by Gasteiger charge is 2.22. The molecule has 3 heterocycles. The van der Waals surface area contributed by atoms with Crippen LogP contribution < -0.4 is 0 Å². The van der Waals surface area contributed by atoms with E-state index in [0.717, 1.165) is 77.2 Å². The lowest BCUT2D eigenvalue weighted by molar-refractivity contribution is 0.666. The zero-order valence-corrected chi connectivity index (χ0v) is 31.2.